The van der Waals surface area contributed by atoms with E-state index in [0.717, 1.165) is 4.73 Å². The lowest BCUT2D eigenvalue weighted by molar-refractivity contribution is -0.577. The molecule has 4 rings (SSSR count). The predicted molar refractivity (Wildman–Crippen MR) is 120 cm³/mol. The molecule has 0 aliphatic heterocycles. The summed E-state index contributed by atoms with van der Waals surface area (Å²) in [7, 11) is -1.83. The van der Waals surface area contributed by atoms with Crippen LogP contribution in [0.1, 0.15) is 32.0 Å². The minimum absolute atomic E-state index is 0.127. The van der Waals surface area contributed by atoms with E-state index in [1.54, 1.807) is 42.5 Å². The van der Waals surface area contributed by atoms with Crippen molar-refractivity contribution in [3.63, 3.8) is 0 Å². The Morgan fingerprint density at radius 3 is 2.62 bits per heavy atom. The van der Waals surface area contributed by atoms with Gasteiger partial charge in [0.1, 0.15) is 18.3 Å². The molecule has 9 heteroatoms. The largest absolute Gasteiger partial charge is 0.618 e. The lowest BCUT2D eigenvalue weighted by Gasteiger charge is -2.20. The number of fused-ring (bicyclic) bond motifs is 1. The Balaban J connectivity index is 1.74. The van der Waals surface area contributed by atoms with Crippen LogP contribution >= 0.6 is 0 Å². The molecule has 1 N–H and O–H groups in total. The van der Waals surface area contributed by atoms with Gasteiger partial charge >= 0.3 is 0 Å². The SMILES string of the molecule is CC(C)(C)c1ccc(S(=O)Nc2cc(CF)nn2-c2cccc3c2ccc[n+]3[O-])cc1F. The molecule has 6 nitrogen and oxygen atoms in total. The molecule has 166 valence electrons. The first kappa shape index (κ1) is 21.9. The number of rotatable bonds is 5. The third kappa shape index (κ3) is 4.08. The zero-order chi connectivity index (χ0) is 23.0. The van der Waals surface area contributed by atoms with Gasteiger partial charge in [0.2, 0.25) is 5.52 Å². The summed E-state index contributed by atoms with van der Waals surface area (Å²) in [6.45, 7) is 4.86. The summed E-state index contributed by atoms with van der Waals surface area (Å²) in [4.78, 5) is 0.236. The molecular formula is C23H22F2N4O2S. The Kier molecular flexibility index (Phi) is 5.68. The van der Waals surface area contributed by atoms with Gasteiger partial charge in [0.05, 0.1) is 21.7 Å². The molecule has 2 heterocycles. The van der Waals surface area contributed by atoms with Gasteiger partial charge in [0.25, 0.3) is 0 Å². The normalized spacial score (nSPS) is 12.8. The van der Waals surface area contributed by atoms with Gasteiger partial charge in [0.15, 0.2) is 17.2 Å². The van der Waals surface area contributed by atoms with Gasteiger partial charge in [-0.25, -0.2) is 17.7 Å². The van der Waals surface area contributed by atoms with E-state index in [1.807, 2.05) is 20.8 Å². The molecular weight excluding hydrogens is 434 g/mol. The fraction of sp³-hybridized carbons (Fsp3) is 0.217. The highest BCUT2D eigenvalue weighted by Crippen LogP contribution is 2.28. The molecule has 0 radical (unpaired) electrons. The van der Waals surface area contributed by atoms with Crippen molar-refractivity contribution < 1.29 is 17.7 Å². The second-order valence-electron chi connectivity index (χ2n) is 8.37. The van der Waals surface area contributed by atoms with Crippen molar-refractivity contribution in [2.24, 2.45) is 0 Å². The molecule has 0 aliphatic rings. The van der Waals surface area contributed by atoms with Crippen LogP contribution in [0, 0.1) is 11.0 Å². The number of alkyl halides is 1. The van der Waals surface area contributed by atoms with Crippen molar-refractivity contribution in [1.29, 1.82) is 0 Å². The number of nitrogens with zero attached hydrogens (tertiary/aromatic N) is 3. The highest BCUT2D eigenvalue weighted by Gasteiger charge is 2.21. The lowest BCUT2D eigenvalue weighted by atomic mass is 9.87. The fourth-order valence-corrected chi connectivity index (χ4v) is 4.37. The van der Waals surface area contributed by atoms with Crippen molar-refractivity contribution in [3.05, 3.63) is 83.1 Å². The molecule has 0 fully saturated rings. The zero-order valence-corrected chi connectivity index (χ0v) is 18.6. The summed E-state index contributed by atoms with van der Waals surface area (Å²) in [5.74, 6) is -0.192. The zero-order valence-electron chi connectivity index (χ0n) is 17.8. The smallest absolute Gasteiger partial charge is 0.225 e. The van der Waals surface area contributed by atoms with Crippen LogP contribution in [-0.2, 0) is 23.1 Å². The van der Waals surface area contributed by atoms with Gasteiger partial charge in [-0.2, -0.15) is 9.83 Å². The van der Waals surface area contributed by atoms with E-state index in [0.29, 0.717) is 22.2 Å². The molecule has 2 aromatic carbocycles. The Bertz CT molecular complexity index is 1330. The molecule has 1 atom stereocenters. The van der Waals surface area contributed by atoms with Gasteiger partial charge in [-0.15, -0.1) is 0 Å². The van der Waals surface area contributed by atoms with Crippen LogP contribution in [0.2, 0.25) is 0 Å². The summed E-state index contributed by atoms with van der Waals surface area (Å²) in [6.07, 6.45) is 1.38. The Morgan fingerprint density at radius 1 is 1.16 bits per heavy atom. The summed E-state index contributed by atoms with van der Waals surface area (Å²) in [5.41, 5.74) is 1.18. The second-order valence-corrected chi connectivity index (χ2v) is 9.59. The molecule has 0 amide bonds. The first-order valence-electron chi connectivity index (χ1n) is 9.93. The number of hydrogen-bond donors (Lipinski definition) is 1. The van der Waals surface area contributed by atoms with E-state index in [2.05, 4.69) is 9.82 Å². The lowest BCUT2D eigenvalue weighted by Crippen LogP contribution is -2.26. The number of hydrogen-bond acceptors (Lipinski definition) is 3. The molecule has 4 aromatic rings. The van der Waals surface area contributed by atoms with Crippen molar-refractivity contribution in [2.75, 3.05) is 4.72 Å². The number of halogens is 2. The minimum Gasteiger partial charge on any atom is -0.618 e. The van der Waals surface area contributed by atoms with Crippen LogP contribution in [0.25, 0.3) is 16.6 Å². The van der Waals surface area contributed by atoms with Crippen molar-refractivity contribution in [2.45, 2.75) is 37.8 Å². The van der Waals surface area contributed by atoms with E-state index in [-0.39, 0.29) is 21.8 Å². The maximum atomic E-state index is 14.6. The van der Waals surface area contributed by atoms with Crippen LogP contribution in [0.3, 0.4) is 0 Å². The van der Waals surface area contributed by atoms with E-state index in [1.165, 1.54) is 23.0 Å². The van der Waals surface area contributed by atoms with Crippen LogP contribution in [-0.4, -0.2) is 14.0 Å². The van der Waals surface area contributed by atoms with E-state index < -0.39 is 23.5 Å². The first-order chi connectivity index (χ1) is 15.2. The van der Waals surface area contributed by atoms with E-state index >= 15 is 0 Å². The number of nitrogens with one attached hydrogen (secondary N) is 1. The molecule has 0 bridgehead atoms. The molecule has 32 heavy (non-hydrogen) atoms. The topological polar surface area (TPSA) is 73.9 Å². The maximum absolute atomic E-state index is 14.6. The number of benzene rings is 2. The standard InChI is InChI=1S/C23H22F2N4O2S/c1-23(2,3)18-10-9-16(13-19(18)25)32(31)27-22-12-15(14-24)26-29(22)21-8-4-7-20-17(21)6-5-11-28(20)30/h4-13,27H,14H2,1-3H3. The molecule has 0 spiro atoms. The number of pyridine rings is 1. The molecule has 0 saturated heterocycles. The molecule has 0 aliphatic carbocycles. The highest BCUT2D eigenvalue weighted by atomic mass is 32.2. The van der Waals surface area contributed by atoms with Crippen LogP contribution in [0.15, 0.2) is 65.7 Å². The van der Waals surface area contributed by atoms with Gasteiger partial charge in [0, 0.05) is 18.2 Å². The summed E-state index contributed by atoms with van der Waals surface area (Å²) >= 11 is 0. The summed E-state index contributed by atoms with van der Waals surface area (Å²) in [6, 6.07) is 14.3. The number of aromatic nitrogens is 3. The van der Waals surface area contributed by atoms with Gasteiger partial charge in [-0.3, -0.25) is 4.72 Å². The van der Waals surface area contributed by atoms with Crippen LogP contribution in [0.4, 0.5) is 14.6 Å². The van der Waals surface area contributed by atoms with Gasteiger partial charge < -0.3 is 5.21 Å². The Hall–Kier alpha value is -3.33. The monoisotopic (exact) mass is 456 g/mol. The third-order valence-corrected chi connectivity index (χ3v) is 6.14. The quantitative estimate of drug-likeness (QED) is 0.349. The van der Waals surface area contributed by atoms with Gasteiger partial charge in [-0.05, 0) is 35.2 Å². The van der Waals surface area contributed by atoms with E-state index in [4.69, 9.17) is 0 Å². The van der Waals surface area contributed by atoms with Crippen molar-refractivity contribution in [1.82, 2.24) is 9.78 Å². The Labute approximate surface area is 186 Å². The molecule has 2 aromatic heterocycles. The second kappa shape index (κ2) is 8.31. The fourth-order valence-electron chi connectivity index (χ4n) is 3.51. The Morgan fingerprint density at radius 2 is 1.94 bits per heavy atom. The van der Waals surface area contributed by atoms with Crippen molar-refractivity contribution >= 4 is 27.7 Å². The average molecular weight is 457 g/mol. The van der Waals surface area contributed by atoms with Gasteiger partial charge in [-0.1, -0.05) is 32.9 Å². The number of anilines is 1. The first-order valence-corrected chi connectivity index (χ1v) is 11.1. The van der Waals surface area contributed by atoms with Crippen LogP contribution < -0.4 is 9.45 Å². The molecule has 0 saturated carbocycles. The predicted octanol–water partition coefficient (Wildman–Crippen LogP) is 4.70. The third-order valence-electron chi connectivity index (χ3n) is 5.07. The van der Waals surface area contributed by atoms with E-state index in [9.17, 15) is 18.2 Å². The maximum Gasteiger partial charge on any atom is 0.225 e. The average Bonchev–Trinajstić information content (AvgIpc) is 3.15. The summed E-state index contributed by atoms with van der Waals surface area (Å²) < 4.78 is 45.9. The van der Waals surface area contributed by atoms with Crippen molar-refractivity contribution in [3.8, 4) is 5.69 Å². The highest BCUT2D eigenvalue weighted by molar-refractivity contribution is 7.86. The minimum atomic E-state index is -1.83. The summed E-state index contributed by atoms with van der Waals surface area (Å²) in [5, 5.41) is 17.0. The molecule has 1 unspecified atom stereocenters. The van der Waals surface area contributed by atoms with Crippen LogP contribution in [0.5, 0.6) is 0 Å².